The van der Waals surface area contributed by atoms with Gasteiger partial charge < -0.3 is 10.4 Å². The molecule has 1 aromatic carbocycles. The van der Waals surface area contributed by atoms with E-state index in [0.717, 1.165) is 17.9 Å². The third kappa shape index (κ3) is 5.18. The molecule has 7 heteroatoms. The number of carbonyl (C=O) groups excluding carboxylic acids is 1. The maximum atomic E-state index is 11.8. The monoisotopic (exact) mass is 298 g/mol. The van der Waals surface area contributed by atoms with E-state index >= 15 is 0 Å². The van der Waals surface area contributed by atoms with Crippen LogP contribution in [0.4, 0.5) is 5.69 Å². The highest BCUT2D eigenvalue weighted by molar-refractivity contribution is 7.99. The highest BCUT2D eigenvalue weighted by Gasteiger charge is 2.14. The van der Waals surface area contributed by atoms with E-state index in [1.54, 1.807) is 30.8 Å². The minimum Gasteiger partial charge on any atom is -0.396 e. The van der Waals surface area contributed by atoms with Gasteiger partial charge in [0.05, 0.1) is 4.92 Å². The molecule has 0 aliphatic heterocycles. The van der Waals surface area contributed by atoms with Gasteiger partial charge in [-0.25, -0.2) is 0 Å². The van der Waals surface area contributed by atoms with Crippen molar-refractivity contribution in [1.82, 2.24) is 5.32 Å². The molecule has 0 heterocycles. The number of hydrogen-bond donors (Lipinski definition) is 2. The van der Waals surface area contributed by atoms with E-state index in [-0.39, 0.29) is 18.2 Å². The summed E-state index contributed by atoms with van der Waals surface area (Å²) in [7, 11) is 0. The lowest BCUT2D eigenvalue weighted by Crippen LogP contribution is -2.25. The fourth-order valence-corrected chi connectivity index (χ4v) is 2.34. The number of carbonyl (C=O) groups is 1. The lowest BCUT2D eigenvalue weighted by Gasteiger charge is -2.06. The van der Waals surface area contributed by atoms with E-state index in [0.29, 0.717) is 17.7 Å². The lowest BCUT2D eigenvalue weighted by atomic mass is 10.1. The van der Waals surface area contributed by atoms with Crippen LogP contribution in [0.25, 0.3) is 0 Å². The summed E-state index contributed by atoms with van der Waals surface area (Å²) in [5.74, 6) is 1.29. The third-order valence-electron chi connectivity index (χ3n) is 2.65. The molecule has 0 radical (unpaired) electrons. The molecule has 2 N–H and O–H groups in total. The van der Waals surface area contributed by atoms with Crippen LogP contribution in [0.15, 0.2) is 18.2 Å². The highest BCUT2D eigenvalue weighted by atomic mass is 32.2. The predicted molar refractivity (Wildman–Crippen MR) is 79.2 cm³/mol. The van der Waals surface area contributed by atoms with Gasteiger partial charge in [0.25, 0.3) is 11.6 Å². The first kappa shape index (κ1) is 16.5. The van der Waals surface area contributed by atoms with Gasteiger partial charge in [0.1, 0.15) is 0 Å². The van der Waals surface area contributed by atoms with Crippen molar-refractivity contribution in [3.63, 3.8) is 0 Å². The van der Waals surface area contributed by atoms with Gasteiger partial charge in [-0.3, -0.25) is 14.9 Å². The molecule has 0 saturated heterocycles. The zero-order valence-corrected chi connectivity index (χ0v) is 12.1. The molecule has 1 aromatic rings. The quantitative estimate of drug-likeness (QED) is 0.433. The molecule has 0 aliphatic rings. The third-order valence-corrected chi connectivity index (χ3v) is 3.72. The Kier molecular flexibility index (Phi) is 7.03. The second kappa shape index (κ2) is 8.55. The van der Waals surface area contributed by atoms with Crippen LogP contribution in [0, 0.1) is 17.0 Å². The average molecular weight is 298 g/mol. The average Bonchev–Trinajstić information content (AvgIpc) is 2.42. The van der Waals surface area contributed by atoms with Crippen molar-refractivity contribution in [2.45, 2.75) is 13.3 Å². The van der Waals surface area contributed by atoms with Crippen LogP contribution in [0.1, 0.15) is 22.3 Å². The molecule has 0 aromatic heterocycles. The summed E-state index contributed by atoms with van der Waals surface area (Å²) in [6, 6.07) is 4.45. The molecule has 0 bridgehead atoms. The molecule has 0 aliphatic carbocycles. The largest absolute Gasteiger partial charge is 0.396 e. The fraction of sp³-hybridized carbons (Fsp3) is 0.462. The normalized spacial score (nSPS) is 10.3. The van der Waals surface area contributed by atoms with Crippen LogP contribution in [-0.4, -0.2) is 40.6 Å². The van der Waals surface area contributed by atoms with Crippen LogP contribution in [0.2, 0.25) is 0 Å². The number of hydrogen-bond acceptors (Lipinski definition) is 5. The van der Waals surface area contributed by atoms with E-state index in [9.17, 15) is 14.9 Å². The number of aliphatic hydroxyl groups is 1. The predicted octanol–water partition coefficient (Wildman–Crippen LogP) is 1.75. The number of benzene rings is 1. The minimum atomic E-state index is -0.489. The summed E-state index contributed by atoms with van der Waals surface area (Å²) in [5.41, 5.74) is 0.781. The van der Waals surface area contributed by atoms with Gasteiger partial charge in [-0.1, -0.05) is 6.07 Å². The fourth-order valence-electron chi connectivity index (χ4n) is 1.55. The Labute approximate surface area is 121 Å². The van der Waals surface area contributed by atoms with E-state index in [1.165, 1.54) is 6.07 Å². The van der Waals surface area contributed by atoms with E-state index in [4.69, 9.17) is 5.11 Å². The second-order valence-corrected chi connectivity index (χ2v) is 5.43. The first-order chi connectivity index (χ1) is 9.56. The Morgan fingerprint density at radius 2 is 2.20 bits per heavy atom. The molecule has 0 spiro atoms. The van der Waals surface area contributed by atoms with Gasteiger partial charge in [0, 0.05) is 36.1 Å². The summed E-state index contributed by atoms with van der Waals surface area (Å²) in [6.07, 6.45) is 0.739. The second-order valence-electron chi connectivity index (χ2n) is 4.20. The summed E-state index contributed by atoms with van der Waals surface area (Å²) in [5, 5.41) is 22.1. The molecule has 0 fully saturated rings. The van der Waals surface area contributed by atoms with E-state index in [1.807, 2.05) is 0 Å². The van der Waals surface area contributed by atoms with Crippen molar-refractivity contribution in [2.75, 3.05) is 24.7 Å². The molecule has 6 nitrogen and oxygen atoms in total. The Balaban J connectivity index is 2.47. The summed E-state index contributed by atoms with van der Waals surface area (Å²) in [6.45, 7) is 2.31. The number of nitrogens with zero attached hydrogens (tertiary/aromatic N) is 1. The van der Waals surface area contributed by atoms with Crippen molar-refractivity contribution < 1.29 is 14.8 Å². The smallest absolute Gasteiger partial charge is 0.273 e. The number of nitro benzene ring substituents is 1. The molecule has 1 amide bonds. The van der Waals surface area contributed by atoms with Gasteiger partial charge in [-0.05, 0) is 25.2 Å². The van der Waals surface area contributed by atoms with Gasteiger partial charge in [0.2, 0.25) is 0 Å². The van der Waals surface area contributed by atoms with Crippen LogP contribution < -0.4 is 5.32 Å². The van der Waals surface area contributed by atoms with Gasteiger partial charge in [-0.15, -0.1) is 0 Å². The van der Waals surface area contributed by atoms with Gasteiger partial charge in [0.15, 0.2) is 0 Å². The van der Waals surface area contributed by atoms with Gasteiger partial charge >= 0.3 is 0 Å². The van der Waals surface area contributed by atoms with Crippen molar-refractivity contribution in [3.05, 3.63) is 39.4 Å². The van der Waals surface area contributed by atoms with Gasteiger partial charge in [-0.2, -0.15) is 11.8 Å². The van der Waals surface area contributed by atoms with Crippen LogP contribution in [-0.2, 0) is 0 Å². The Hall–Kier alpha value is -1.60. The first-order valence-corrected chi connectivity index (χ1v) is 7.43. The number of amides is 1. The number of thioether (sulfide) groups is 1. The molecule has 1 rings (SSSR count). The first-order valence-electron chi connectivity index (χ1n) is 6.28. The SMILES string of the molecule is Cc1ccc(C(=O)NCCSCCCO)cc1[N+](=O)[O-]. The molecule has 0 atom stereocenters. The maximum absolute atomic E-state index is 11.8. The Morgan fingerprint density at radius 1 is 1.45 bits per heavy atom. The maximum Gasteiger partial charge on any atom is 0.273 e. The number of nitrogens with one attached hydrogen (secondary N) is 1. The van der Waals surface area contributed by atoms with Crippen LogP contribution >= 0.6 is 11.8 Å². The topological polar surface area (TPSA) is 92.5 Å². The summed E-state index contributed by atoms with van der Waals surface area (Å²) < 4.78 is 0. The van der Waals surface area contributed by atoms with Crippen LogP contribution in [0.5, 0.6) is 0 Å². The molecule has 0 unspecified atom stereocenters. The minimum absolute atomic E-state index is 0.0463. The number of aliphatic hydroxyl groups excluding tert-OH is 1. The zero-order valence-electron chi connectivity index (χ0n) is 11.3. The van der Waals surface area contributed by atoms with Crippen molar-refractivity contribution in [1.29, 1.82) is 0 Å². The standard InChI is InChI=1S/C13H18N2O4S/c1-10-3-4-11(9-12(10)15(18)19)13(17)14-5-8-20-7-2-6-16/h3-4,9,16H,2,5-8H2,1H3,(H,14,17). The molecular formula is C13H18N2O4S. The van der Waals surface area contributed by atoms with Crippen molar-refractivity contribution in [2.24, 2.45) is 0 Å². The molecule has 110 valence electrons. The molecule has 20 heavy (non-hydrogen) atoms. The summed E-state index contributed by atoms with van der Waals surface area (Å²) >= 11 is 1.64. The molecular weight excluding hydrogens is 280 g/mol. The Bertz CT molecular complexity index is 479. The van der Waals surface area contributed by atoms with Crippen molar-refractivity contribution >= 4 is 23.4 Å². The number of rotatable bonds is 8. The van der Waals surface area contributed by atoms with E-state index in [2.05, 4.69) is 5.32 Å². The van der Waals surface area contributed by atoms with Crippen LogP contribution in [0.3, 0.4) is 0 Å². The van der Waals surface area contributed by atoms with Crippen molar-refractivity contribution in [3.8, 4) is 0 Å². The zero-order chi connectivity index (χ0) is 15.0. The number of aryl methyl sites for hydroxylation is 1. The summed E-state index contributed by atoms with van der Waals surface area (Å²) in [4.78, 5) is 22.2. The Morgan fingerprint density at radius 3 is 2.85 bits per heavy atom. The molecule has 0 saturated carbocycles. The lowest BCUT2D eigenvalue weighted by molar-refractivity contribution is -0.385. The number of nitro groups is 1. The van der Waals surface area contributed by atoms with E-state index < -0.39 is 4.92 Å². The highest BCUT2D eigenvalue weighted by Crippen LogP contribution is 2.19.